The van der Waals surface area contributed by atoms with Crippen LogP contribution in [0.3, 0.4) is 0 Å². The summed E-state index contributed by atoms with van der Waals surface area (Å²) in [6, 6.07) is 1.68. The summed E-state index contributed by atoms with van der Waals surface area (Å²) in [5.74, 6) is -0.377. The van der Waals surface area contributed by atoms with Gasteiger partial charge in [0, 0.05) is 19.5 Å². The van der Waals surface area contributed by atoms with Gasteiger partial charge in [-0.1, -0.05) is 0 Å². The van der Waals surface area contributed by atoms with Gasteiger partial charge in [-0.3, -0.25) is 9.69 Å². The van der Waals surface area contributed by atoms with Gasteiger partial charge in [0.05, 0.1) is 19.3 Å². The van der Waals surface area contributed by atoms with Crippen LogP contribution in [0.2, 0.25) is 0 Å². The van der Waals surface area contributed by atoms with Crippen molar-refractivity contribution in [1.82, 2.24) is 4.90 Å². The molecule has 1 saturated heterocycles. The first-order valence-corrected chi connectivity index (χ1v) is 4.23. The number of primary amides is 1. The van der Waals surface area contributed by atoms with Crippen LogP contribution in [0.4, 0.5) is 0 Å². The smallest absolute Gasteiger partial charge is 0.237 e. The number of amides is 1. The number of ether oxygens (including phenoxy) is 1. The van der Waals surface area contributed by atoms with Crippen LogP contribution in [-0.2, 0) is 9.53 Å². The zero-order chi connectivity index (χ0) is 9.68. The van der Waals surface area contributed by atoms with Gasteiger partial charge in [-0.25, -0.2) is 0 Å². The lowest BCUT2D eigenvalue weighted by Crippen LogP contribution is -2.52. The average molecular weight is 183 g/mol. The predicted molar refractivity (Wildman–Crippen MR) is 45.6 cm³/mol. The third-order valence-corrected chi connectivity index (χ3v) is 2.08. The predicted octanol–water partition coefficient (Wildman–Crippen LogP) is -0.914. The Morgan fingerprint density at radius 2 is 2.54 bits per heavy atom. The Morgan fingerprint density at radius 3 is 3.15 bits per heavy atom. The van der Waals surface area contributed by atoms with Crippen molar-refractivity contribution in [3.8, 4) is 6.07 Å². The van der Waals surface area contributed by atoms with E-state index in [-0.39, 0.29) is 11.9 Å². The van der Waals surface area contributed by atoms with E-state index in [0.29, 0.717) is 32.7 Å². The van der Waals surface area contributed by atoms with Crippen LogP contribution in [0, 0.1) is 11.3 Å². The second-order valence-electron chi connectivity index (χ2n) is 2.94. The number of morpholine rings is 1. The van der Waals surface area contributed by atoms with Crippen LogP contribution in [0.5, 0.6) is 0 Å². The van der Waals surface area contributed by atoms with E-state index in [1.165, 1.54) is 0 Å². The maximum atomic E-state index is 10.9. The van der Waals surface area contributed by atoms with Gasteiger partial charge in [0.25, 0.3) is 0 Å². The number of carbonyl (C=O) groups is 1. The highest BCUT2D eigenvalue weighted by Gasteiger charge is 2.26. The Labute approximate surface area is 77.1 Å². The molecule has 1 atom stereocenters. The molecule has 0 aromatic heterocycles. The van der Waals surface area contributed by atoms with Crippen molar-refractivity contribution in [3.63, 3.8) is 0 Å². The Morgan fingerprint density at radius 1 is 1.77 bits per heavy atom. The molecule has 1 amide bonds. The minimum atomic E-state index is -0.377. The molecule has 5 nitrogen and oxygen atoms in total. The summed E-state index contributed by atoms with van der Waals surface area (Å²) in [7, 11) is 0. The van der Waals surface area contributed by atoms with Gasteiger partial charge in [0.15, 0.2) is 0 Å². The molecule has 1 fully saturated rings. The molecule has 0 aliphatic carbocycles. The van der Waals surface area contributed by atoms with Gasteiger partial charge in [-0.05, 0) is 0 Å². The molecule has 5 heteroatoms. The van der Waals surface area contributed by atoms with Crippen molar-refractivity contribution < 1.29 is 9.53 Å². The first-order valence-electron chi connectivity index (χ1n) is 4.23. The van der Waals surface area contributed by atoms with Crippen LogP contribution in [-0.4, -0.2) is 43.2 Å². The molecular formula is C8H13N3O2. The summed E-state index contributed by atoms with van der Waals surface area (Å²) in [5.41, 5.74) is 5.19. The molecule has 0 spiro atoms. The minimum absolute atomic E-state index is 0.348. The summed E-state index contributed by atoms with van der Waals surface area (Å²) in [4.78, 5) is 12.8. The highest BCUT2D eigenvalue weighted by Crippen LogP contribution is 2.06. The number of hydrogen-bond acceptors (Lipinski definition) is 4. The van der Waals surface area contributed by atoms with Gasteiger partial charge < -0.3 is 10.5 Å². The molecule has 0 saturated carbocycles. The number of hydrogen-bond donors (Lipinski definition) is 1. The second kappa shape index (κ2) is 4.80. The van der Waals surface area contributed by atoms with Crippen molar-refractivity contribution in [2.75, 3.05) is 26.3 Å². The molecule has 13 heavy (non-hydrogen) atoms. The van der Waals surface area contributed by atoms with E-state index in [4.69, 9.17) is 15.7 Å². The maximum Gasteiger partial charge on any atom is 0.237 e. The lowest BCUT2D eigenvalue weighted by molar-refractivity contribution is -0.129. The maximum absolute atomic E-state index is 10.9. The Bertz CT molecular complexity index is 224. The molecule has 1 unspecified atom stereocenters. The molecule has 1 heterocycles. The lowest BCUT2D eigenvalue weighted by atomic mass is 10.2. The van der Waals surface area contributed by atoms with Gasteiger partial charge >= 0.3 is 0 Å². The van der Waals surface area contributed by atoms with Gasteiger partial charge in [0.1, 0.15) is 6.04 Å². The lowest BCUT2D eigenvalue weighted by Gasteiger charge is -2.32. The van der Waals surface area contributed by atoms with Crippen LogP contribution >= 0.6 is 0 Å². The summed E-state index contributed by atoms with van der Waals surface area (Å²) < 4.78 is 5.13. The molecule has 1 aliphatic rings. The monoisotopic (exact) mass is 183 g/mol. The number of nitrogens with two attached hydrogens (primary N) is 1. The molecule has 72 valence electrons. The van der Waals surface area contributed by atoms with E-state index < -0.39 is 0 Å². The quantitative estimate of drug-likeness (QED) is 0.614. The van der Waals surface area contributed by atoms with Crippen molar-refractivity contribution >= 4 is 5.91 Å². The first-order chi connectivity index (χ1) is 6.25. The summed E-state index contributed by atoms with van der Waals surface area (Å²) in [6.45, 7) is 2.22. The SMILES string of the molecule is N#CCCN1CCOCC1C(N)=O. The van der Waals surface area contributed by atoms with Gasteiger partial charge in [0.2, 0.25) is 5.91 Å². The highest BCUT2D eigenvalue weighted by molar-refractivity contribution is 5.80. The number of carbonyl (C=O) groups excluding carboxylic acids is 1. The molecule has 0 aromatic carbocycles. The first kappa shape index (κ1) is 9.96. The zero-order valence-electron chi connectivity index (χ0n) is 7.40. The van der Waals surface area contributed by atoms with E-state index >= 15 is 0 Å². The number of nitrogens with zero attached hydrogens (tertiary/aromatic N) is 2. The topological polar surface area (TPSA) is 79.3 Å². The second-order valence-corrected chi connectivity index (χ2v) is 2.94. The average Bonchev–Trinajstić information content (AvgIpc) is 2.15. The van der Waals surface area contributed by atoms with Crippen LogP contribution in [0.25, 0.3) is 0 Å². The molecule has 1 rings (SSSR count). The van der Waals surface area contributed by atoms with Gasteiger partial charge in [-0.2, -0.15) is 5.26 Å². The molecule has 2 N–H and O–H groups in total. The molecule has 0 bridgehead atoms. The molecular weight excluding hydrogens is 170 g/mol. The van der Waals surface area contributed by atoms with Crippen molar-refractivity contribution in [2.24, 2.45) is 5.73 Å². The van der Waals surface area contributed by atoms with Crippen molar-refractivity contribution in [1.29, 1.82) is 5.26 Å². The Kier molecular flexibility index (Phi) is 3.68. The molecule has 0 aromatic rings. The van der Waals surface area contributed by atoms with Crippen molar-refractivity contribution in [2.45, 2.75) is 12.5 Å². The van der Waals surface area contributed by atoms with Crippen LogP contribution in [0.1, 0.15) is 6.42 Å². The fraction of sp³-hybridized carbons (Fsp3) is 0.750. The fourth-order valence-electron chi connectivity index (χ4n) is 1.36. The van der Waals surface area contributed by atoms with Gasteiger partial charge in [-0.15, -0.1) is 0 Å². The largest absolute Gasteiger partial charge is 0.378 e. The third kappa shape index (κ3) is 2.68. The van der Waals surface area contributed by atoms with E-state index in [1.54, 1.807) is 0 Å². The third-order valence-electron chi connectivity index (χ3n) is 2.08. The van der Waals surface area contributed by atoms with Crippen molar-refractivity contribution in [3.05, 3.63) is 0 Å². The Hall–Kier alpha value is -1.12. The van der Waals surface area contributed by atoms with E-state index in [0.717, 1.165) is 0 Å². The zero-order valence-corrected chi connectivity index (χ0v) is 7.40. The van der Waals surface area contributed by atoms with E-state index in [2.05, 4.69) is 0 Å². The van der Waals surface area contributed by atoms with Crippen LogP contribution < -0.4 is 5.73 Å². The molecule has 1 aliphatic heterocycles. The Balaban J connectivity index is 2.47. The summed E-state index contributed by atoms with van der Waals surface area (Å²) in [5, 5.41) is 8.40. The summed E-state index contributed by atoms with van der Waals surface area (Å²) >= 11 is 0. The fourth-order valence-corrected chi connectivity index (χ4v) is 1.36. The minimum Gasteiger partial charge on any atom is -0.378 e. The standard InChI is InChI=1S/C8H13N3O2/c9-2-1-3-11-4-5-13-6-7(11)8(10)12/h7H,1,3-6H2,(H2,10,12). The summed E-state index contributed by atoms with van der Waals surface area (Å²) in [6.07, 6.45) is 0.420. The van der Waals surface area contributed by atoms with E-state index in [9.17, 15) is 4.79 Å². The number of rotatable bonds is 3. The van der Waals surface area contributed by atoms with Crippen LogP contribution in [0.15, 0.2) is 0 Å². The number of nitriles is 1. The van der Waals surface area contributed by atoms with E-state index in [1.807, 2.05) is 11.0 Å². The normalized spacial score (nSPS) is 23.8. The molecule has 0 radical (unpaired) electrons. The highest BCUT2D eigenvalue weighted by atomic mass is 16.5.